The Hall–Kier alpha value is -0.790. The van der Waals surface area contributed by atoms with Crippen molar-refractivity contribution < 1.29 is 0 Å². The summed E-state index contributed by atoms with van der Waals surface area (Å²) in [5.41, 5.74) is 0. The van der Waals surface area contributed by atoms with Crippen molar-refractivity contribution in [3.8, 4) is 0 Å². The van der Waals surface area contributed by atoms with Gasteiger partial charge in [-0.1, -0.05) is 71.6 Å². The van der Waals surface area contributed by atoms with Crippen LogP contribution in [0.15, 0.2) is 12.4 Å². The van der Waals surface area contributed by atoms with E-state index < -0.39 is 0 Å². The van der Waals surface area contributed by atoms with Gasteiger partial charge in [0.05, 0.1) is 0 Å². The highest BCUT2D eigenvalue weighted by atomic mass is 14.9. The van der Waals surface area contributed by atoms with Crippen molar-refractivity contribution in [2.24, 2.45) is 0 Å². The molecule has 0 aromatic carbocycles. The summed E-state index contributed by atoms with van der Waals surface area (Å²) in [7, 11) is 0. The van der Waals surface area contributed by atoms with Crippen LogP contribution >= 0.6 is 0 Å². The molecule has 0 aliphatic heterocycles. The van der Waals surface area contributed by atoms with Gasteiger partial charge in [-0.05, 0) is 6.42 Å². The third kappa shape index (κ3) is 6.83. The van der Waals surface area contributed by atoms with E-state index in [-0.39, 0.29) is 0 Å². The monoisotopic (exact) mass is 250 g/mol. The van der Waals surface area contributed by atoms with Gasteiger partial charge in [-0.25, -0.2) is 4.98 Å². The lowest BCUT2D eigenvalue weighted by Crippen LogP contribution is -1.96. The largest absolute Gasteiger partial charge is 0.348 e. The van der Waals surface area contributed by atoms with E-state index in [2.05, 4.69) is 23.8 Å². The molecule has 0 aliphatic rings. The van der Waals surface area contributed by atoms with Gasteiger partial charge in [-0.3, -0.25) is 0 Å². The van der Waals surface area contributed by atoms with Crippen molar-refractivity contribution in [1.82, 2.24) is 9.97 Å². The Morgan fingerprint density at radius 3 is 2.17 bits per heavy atom. The van der Waals surface area contributed by atoms with E-state index >= 15 is 0 Å². The number of aromatic nitrogens is 2. The second kappa shape index (κ2) is 10.2. The zero-order valence-corrected chi connectivity index (χ0v) is 12.3. The molecule has 0 aliphatic carbocycles. The Bertz CT molecular complexity index is 267. The van der Waals surface area contributed by atoms with Gasteiger partial charge in [-0.2, -0.15) is 0 Å². The van der Waals surface area contributed by atoms with Crippen molar-refractivity contribution in [3.63, 3.8) is 0 Å². The molecule has 1 aromatic rings. The Kier molecular flexibility index (Phi) is 8.62. The minimum atomic E-state index is 0.588. The molecule has 104 valence electrons. The second-order valence-electron chi connectivity index (χ2n) is 5.49. The predicted octanol–water partition coefficient (Wildman–Crippen LogP) is 5.43. The number of nitrogens with one attached hydrogen (secondary N) is 1. The molecule has 1 heterocycles. The summed E-state index contributed by atoms with van der Waals surface area (Å²) in [4.78, 5) is 7.52. The first-order chi connectivity index (χ1) is 8.84. The third-order valence-electron chi connectivity index (χ3n) is 3.73. The molecule has 18 heavy (non-hydrogen) atoms. The van der Waals surface area contributed by atoms with Crippen LogP contribution in [0.5, 0.6) is 0 Å². The van der Waals surface area contributed by atoms with E-state index in [0.29, 0.717) is 5.92 Å². The lowest BCUT2D eigenvalue weighted by molar-refractivity contribution is 0.532. The molecule has 1 atom stereocenters. The van der Waals surface area contributed by atoms with E-state index in [1.165, 1.54) is 64.2 Å². The van der Waals surface area contributed by atoms with Crippen LogP contribution < -0.4 is 0 Å². The molecule has 0 saturated carbocycles. The van der Waals surface area contributed by atoms with Crippen LogP contribution in [0.25, 0.3) is 0 Å². The first kappa shape index (κ1) is 15.3. The first-order valence-corrected chi connectivity index (χ1v) is 7.84. The number of imidazole rings is 1. The molecule has 0 amide bonds. The summed E-state index contributed by atoms with van der Waals surface area (Å²) in [6, 6.07) is 0. The number of nitrogens with zero attached hydrogens (tertiary/aromatic N) is 1. The van der Waals surface area contributed by atoms with Crippen LogP contribution in [0.2, 0.25) is 0 Å². The summed E-state index contributed by atoms with van der Waals surface area (Å²) in [5, 5.41) is 0. The third-order valence-corrected chi connectivity index (χ3v) is 3.73. The number of rotatable bonds is 11. The topological polar surface area (TPSA) is 28.7 Å². The van der Waals surface area contributed by atoms with Gasteiger partial charge in [0, 0.05) is 18.3 Å². The van der Waals surface area contributed by atoms with Crippen LogP contribution in [-0.2, 0) is 0 Å². The lowest BCUT2D eigenvalue weighted by atomic mass is 10.0. The van der Waals surface area contributed by atoms with E-state index in [4.69, 9.17) is 0 Å². The molecule has 0 radical (unpaired) electrons. The number of hydrogen-bond acceptors (Lipinski definition) is 1. The first-order valence-electron chi connectivity index (χ1n) is 7.84. The number of unbranched alkanes of at least 4 members (excludes halogenated alkanes) is 8. The highest BCUT2D eigenvalue weighted by molar-refractivity contribution is 4.94. The van der Waals surface area contributed by atoms with Gasteiger partial charge < -0.3 is 4.98 Å². The highest BCUT2D eigenvalue weighted by Gasteiger charge is 2.06. The van der Waals surface area contributed by atoms with Crippen molar-refractivity contribution >= 4 is 0 Å². The molecule has 0 fully saturated rings. The molecule has 1 aromatic heterocycles. The Morgan fingerprint density at radius 2 is 1.61 bits per heavy atom. The fraction of sp³-hybridized carbons (Fsp3) is 0.812. The summed E-state index contributed by atoms with van der Waals surface area (Å²) in [6.07, 6.45) is 17.7. The summed E-state index contributed by atoms with van der Waals surface area (Å²) in [5.74, 6) is 1.74. The molecule has 0 bridgehead atoms. The van der Waals surface area contributed by atoms with Crippen molar-refractivity contribution in [2.75, 3.05) is 0 Å². The molecule has 0 saturated heterocycles. The maximum atomic E-state index is 4.32. The fourth-order valence-corrected chi connectivity index (χ4v) is 2.44. The SMILES string of the molecule is CCCCCCCCCCCC(C)c1ncc[nH]1. The van der Waals surface area contributed by atoms with Gasteiger partial charge in [0.1, 0.15) is 5.82 Å². The quantitative estimate of drug-likeness (QED) is 0.521. The maximum Gasteiger partial charge on any atom is 0.108 e. The number of H-pyrrole nitrogens is 1. The van der Waals surface area contributed by atoms with E-state index in [1.807, 2.05) is 12.4 Å². The Balaban J connectivity index is 1.87. The second-order valence-corrected chi connectivity index (χ2v) is 5.49. The number of aromatic amines is 1. The smallest absolute Gasteiger partial charge is 0.108 e. The van der Waals surface area contributed by atoms with Gasteiger partial charge in [-0.15, -0.1) is 0 Å². The molecule has 1 N–H and O–H groups in total. The average molecular weight is 250 g/mol. The molecule has 0 spiro atoms. The molecular weight excluding hydrogens is 220 g/mol. The van der Waals surface area contributed by atoms with Gasteiger partial charge >= 0.3 is 0 Å². The summed E-state index contributed by atoms with van der Waals surface area (Å²) < 4.78 is 0. The summed E-state index contributed by atoms with van der Waals surface area (Å²) in [6.45, 7) is 4.55. The standard InChI is InChI=1S/C16H30N2/c1-3-4-5-6-7-8-9-10-11-12-15(2)16-17-13-14-18-16/h13-15H,3-12H2,1-2H3,(H,17,18). The predicted molar refractivity (Wildman–Crippen MR) is 78.8 cm³/mol. The van der Waals surface area contributed by atoms with Crippen LogP contribution in [0, 0.1) is 0 Å². The minimum Gasteiger partial charge on any atom is -0.348 e. The Morgan fingerprint density at radius 1 is 1.00 bits per heavy atom. The Labute approximate surface area is 113 Å². The van der Waals surface area contributed by atoms with Crippen LogP contribution in [-0.4, -0.2) is 9.97 Å². The van der Waals surface area contributed by atoms with Crippen molar-refractivity contribution in [3.05, 3.63) is 18.2 Å². The van der Waals surface area contributed by atoms with Crippen LogP contribution in [0.4, 0.5) is 0 Å². The normalized spacial score (nSPS) is 12.8. The average Bonchev–Trinajstić information content (AvgIpc) is 2.90. The van der Waals surface area contributed by atoms with Crippen LogP contribution in [0.1, 0.15) is 89.8 Å². The maximum absolute atomic E-state index is 4.32. The highest BCUT2D eigenvalue weighted by Crippen LogP contribution is 2.19. The zero-order valence-electron chi connectivity index (χ0n) is 12.3. The molecule has 2 nitrogen and oxygen atoms in total. The van der Waals surface area contributed by atoms with Gasteiger partial charge in [0.15, 0.2) is 0 Å². The van der Waals surface area contributed by atoms with Crippen LogP contribution in [0.3, 0.4) is 0 Å². The van der Waals surface area contributed by atoms with Crippen molar-refractivity contribution in [1.29, 1.82) is 0 Å². The molecule has 2 heteroatoms. The van der Waals surface area contributed by atoms with Crippen molar-refractivity contribution in [2.45, 2.75) is 84.0 Å². The summed E-state index contributed by atoms with van der Waals surface area (Å²) >= 11 is 0. The molecule has 1 unspecified atom stereocenters. The minimum absolute atomic E-state index is 0.588. The molecule has 1 rings (SSSR count). The van der Waals surface area contributed by atoms with Gasteiger partial charge in [0.2, 0.25) is 0 Å². The lowest BCUT2D eigenvalue weighted by Gasteiger charge is -2.08. The van der Waals surface area contributed by atoms with Gasteiger partial charge in [0.25, 0.3) is 0 Å². The number of hydrogen-bond donors (Lipinski definition) is 1. The molecular formula is C16H30N2. The van der Waals surface area contributed by atoms with E-state index in [1.54, 1.807) is 0 Å². The van der Waals surface area contributed by atoms with E-state index in [0.717, 1.165) is 5.82 Å². The zero-order chi connectivity index (χ0) is 13.1. The fourth-order valence-electron chi connectivity index (χ4n) is 2.44. The van der Waals surface area contributed by atoms with E-state index in [9.17, 15) is 0 Å².